The molecule has 3 rings (SSSR count). The van der Waals surface area contributed by atoms with Crippen molar-refractivity contribution in [3.05, 3.63) is 64.5 Å². The molecule has 0 amide bonds. The topological polar surface area (TPSA) is 48.7 Å². The van der Waals surface area contributed by atoms with E-state index in [2.05, 4.69) is 0 Å². The summed E-state index contributed by atoms with van der Waals surface area (Å²) in [5.41, 5.74) is 0.316. The summed E-state index contributed by atoms with van der Waals surface area (Å²) in [5.74, 6) is 1.95. The molecule has 1 heterocycles. The predicted molar refractivity (Wildman–Crippen MR) is 89.5 cm³/mol. The van der Waals surface area contributed by atoms with Crippen molar-refractivity contribution in [3.63, 3.8) is 0 Å². The maximum atomic E-state index is 12.7. The van der Waals surface area contributed by atoms with Crippen molar-refractivity contribution >= 4 is 11.0 Å². The summed E-state index contributed by atoms with van der Waals surface area (Å²) in [6.45, 7) is 4.39. The number of hydrogen-bond donors (Lipinski definition) is 0. The van der Waals surface area contributed by atoms with E-state index in [4.69, 9.17) is 13.9 Å². The van der Waals surface area contributed by atoms with Crippen LogP contribution in [0.1, 0.15) is 19.1 Å². The molecule has 0 radical (unpaired) electrons. The molecule has 23 heavy (non-hydrogen) atoms. The smallest absolute Gasteiger partial charge is 0.235 e. The van der Waals surface area contributed by atoms with Gasteiger partial charge in [0.25, 0.3) is 0 Å². The van der Waals surface area contributed by atoms with Crippen molar-refractivity contribution in [3.8, 4) is 17.2 Å². The first-order valence-electron chi connectivity index (χ1n) is 7.62. The fourth-order valence-electron chi connectivity index (χ4n) is 2.30. The van der Waals surface area contributed by atoms with Crippen LogP contribution in [0.5, 0.6) is 17.2 Å². The summed E-state index contributed by atoms with van der Waals surface area (Å²) in [4.78, 5) is 12.7. The molecule has 118 valence electrons. The van der Waals surface area contributed by atoms with Crippen LogP contribution < -0.4 is 14.9 Å². The maximum Gasteiger partial charge on any atom is 0.235 e. The molecule has 0 aliphatic carbocycles. The van der Waals surface area contributed by atoms with Gasteiger partial charge in [0.15, 0.2) is 0 Å². The molecule has 0 saturated heterocycles. The first-order chi connectivity index (χ1) is 11.2. The Morgan fingerprint density at radius 2 is 1.83 bits per heavy atom. The second kappa shape index (κ2) is 6.57. The van der Waals surface area contributed by atoms with E-state index in [1.807, 2.05) is 25.1 Å². The van der Waals surface area contributed by atoms with Crippen molar-refractivity contribution in [1.82, 2.24) is 0 Å². The van der Waals surface area contributed by atoms with Gasteiger partial charge in [-0.2, -0.15) is 0 Å². The van der Waals surface area contributed by atoms with Crippen LogP contribution in [0.15, 0.2) is 57.7 Å². The Morgan fingerprint density at radius 1 is 1.04 bits per heavy atom. The van der Waals surface area contributed by atoms with Crippen LogP contribution in [0.4, 0.5) is 0 Å². The summed E-state index contributed by atoms with van der Waals surface area (Å²) < 4.78 is 17.0. The molecule has 2 aromatic carbocycles. The van der Waals surface area contributed by atoms with Gasteiger partial charge in [0.1, 0.15) is 22.8 Å². The van der Waals surface area contributed by atoms with Crippen LogP contribution >= 0.6 is 0 Å². The Balaban J connectivity index is 2.02. The number of hydrogen-bond acceptors (Lipinski definition) is 4. The Morgan fingerprint density at radius 3 is 2.57 bits per heavy atom. The van der Waals surface area contributed by atoms with Gasteiger partial charge in [-0.1, -0.05) is 25.1 Å². The second-order valence-corrected chi connectivity index (χ2v) is 5.24. The predicted octanol–water partition coefficient (Wildman–Crippen LogP) is 4.68. The lowest BCUT2D eigenvalue weighted by molar-refractivity contribution is 0.317. The number of benzene rings is 2. The normalized spacial score (nSPS) is 10.7. The number of aryl methyl sites for hydroxylation is 1. The van der Waals surface area contributed by atoms with Gasteiger partial charge in [0.05, 0.1) is 12.0 Å². The number of fused-ring (bicyclic) bond motifs is 1. The summed E-state index contributed by atoms with van der Waals surface area (Å²) in [7, 11) is 0. The highest BCUT2D eigenvalue weighted by atomic mass is 16.5. The standard InChI is InChI=1S/C19H18O4/c1-3-11-21-15-9-10-16-17(12-15)22-13(2)19(18(16)20)23-14-7-5-4-6-8-14/h4-10,12H,3,11H2,1-2H3. The molecule has 0 unspecified atom stereocenters. The SMILES string of the molecule is CCCOc1ccc2c(=O)c(Oc3ccccc3)c(C)oc2c1. The lowest BCUT2D eigenvalue weighted by Crippen LogP contribution is -2.07. The summed E-state index contributed by atoms with van der Waals surface area (Å²) in [6.07, 6.45) is 0.921. The van der Waals surface area contributed by atoms with Gasteiger partial charge in [0.2, 0.25) is 11.2 Å². The Hall–Kier alpha value is -2.75. The highest BCUT2D eigenvalue weighted by molar-refractivity contribution is 5.79. The number of para-hydroxylation sites is 1. The fraction of sp³-hybridized carbons (Fsp3) is 0.211. The van der Waals surface area contributed by atoms with E-state index in [-0.39, 0.29) is 11.2 Å². The summed E-state index contributed by atoms with van der Waals surface area (Å²) >= 11 is 0. The average molecular weight is 310 g/mol. The first kappa shape index (κ1) is 15.2. The molecular formula is C19H18O4. The molecule has 0 bridgehead atoms. The lowest BCUT2D eigenvalue weighted by Gasteiger charge is -2.10. The Labute approximate surface area is 134 Å². The third-order valence-electron chi connectivity index (χ3n) is 3.42. The minimum atomic E-state index is -0.186. The molecule has 4 nitrogen and oxygen atoms in total. The van der Waals surface area contributed by atoms with Crippen LogP contribution in [-0.4, -0.2) is 6.61 Å². The van der Waals surface area contributed by atoms with Crippen LogP contribution in [0.25, 0.3) is 11.0 Å². The minimum Gasteiger partial charge on any atom is -0.493 e. The van der Waals surface area contributed by atoms with Crippen molar-refractivity contribution in [2.24, 2.45) is 0 Å². The molecule has 0 fully saturated rings. The first-order valence-corrected chi connectivity index (χ1v) is 7.62. The third kappa shape index (κ3) is 3.21. The zero-order chi connectivity index (χ0) is 16.2. The van der Waals surface area contributed by atoms with Crippen molar-refractivity contribution < 1.29 is 13.9 Å². The van der Waals surface area contributed by atoms with Gasteiger partial charge in [-0.25, -0.2) is 0 Å². The monoisotopic (exact) mass is 310 g/mol. The van der Waals surface area contributed by atoms with E-state index >= 15 is 0 Å². The maximum absolute atomic E-state index is 12.7. The van der Waals surface area contributed by atoms with E-state index in [0.717, 1.165) is 6.42 Å². The van der Waals surface area contributed by atoms with Gasteiger partial charge in [-0.15, -0.1) is 0 Å². The molecule has 0 saturated carbocycles. The zero-order valence-electron chi connectivity index (χ0n) is 13.2. The average Bonchev–Trinajstić information content (AvgIpc) is 2.57. The molecule has 0 atom stereocenters. The Kier molecular flexibility index (Phi) is 4.33. The van der Waals surface area contributed by atoms with Crippen LogP contribution in [0, 0.1) is 6.92 Å². The Bertz CT molecular complexity index is 866. The van der Waals surface area contributed by atoms with Crippen LogP contribution in [0.2, 0.25) is 0 Å². The van der Waals surface area contributed by atoms with E-state index in [1.165, 1.54) is 0 Å². The highest BCUT2D eigenvalue weighted by Crippen LogP contribution is 2.27. The van der Waals surface area contributed by atoms with Gasteiger partial charge in [-0.05, 0) is 37.6 Å². The molecule has 0 aliphatic rings. The molecule has 0 N–H and O–H groups in total. The highest BCUT2D eigenvalue weighted by Gasteiger charge is 2.14. The largest absolute Gasteiger partial charge is 0.493 e. The minimum absolute atomic E-state index is 0.186. The van der Waals surface area contributed by atoms with E-state index in [9.17, 15) is 4.79 Å². The van der Waals surface area contributed by atoms with Gasteiger partial charge < -0.3 is 13.9 Å². The van der Waals surface area contributed by atoms with E-state index < -0.39 is 0 Å². The summed E-state index contributed by atoms with van der Waals surface area (Å²) in [5, 5.41) is 0.477. The van der Waals surface area contributed by atoms with Gasteiger partial charge >= 0.3 is 0 Å². The quantitative estimate of drug-likeness (QED) is 0.686. The van der Waals surface area contributed by atoms with Crippen LogP contribution in [-0.2, 0) is 0 Å². The van der Waals surface area contributed by atoms with Crippen molar-refractivity contribution in [1.29, 1.82) is 0 Å². The molecular weight excluding hydrogens is 292 g/mol. The molecule has 0 spiro atoms. The molecule has 0 aliphatic heterocycles. The fourth-order valence-corrected chi connectivity index (χ4v) is 2.30. The number of rotatable bonds is 5. The van der Waals surface area contributed by atoms with Crippen LogP contribution in [0.3, 0.4) is 0 Å². The van der Waals surface area contributed by atoms with Crippen molar-refractivity contribution in [2.75, 3.05) is 6.61 Å². The van der Waals surface area contributed by atoms with Crippen molar-refractivity contribution in [2.45, 2.75) is 20.3 Å². The molecule has 1 aromatic heterocycles. The van der Waals surface area contributed by atoms with E-state index in [0.29, 0.717) is 34.8 Å². The van der Waals surface area contributed by atoms with Gasteiger partial charge in [-0.3, -0.25) is 4.79 Å². The lowest BCUT2D eigenvalue weighted by atomic mass is 10.2. The third-order valence-corrected chi connectivity index (χ3v) is 3.42. The van der Waals surface area contributed by atoms with E-state index in [1.54, 1.807) is 37.3 Å². The zero-order valence-corrected chi connectivity index (χ0v) is 13.2. The second-order valence-electron chi connectivity index (χ2n) is 5.24. The number of ether oxygens (including phenoxy) is 2. The molecule has 3 aromatic rings. The molecule has 4 heteroatoms. The summed E-state index contributed by atoms with van der Waals surface area (Å²) in [6, 6.07) is 14.4. The van der Waals surface area contributed by atoms with Gasteiger partial charge in [0, 0.05) is 6.07 Å².